The Kier molecular flexibility index (Phi) is 5.08. The van der Waals surface area contributed by atoms with E-state index in [1.165, 1.54) is 0 Å². The fourth-order valence-electron chi connectivity index (χ4n) is 2.36. The first-order chi connectivity index (χ1) is 8.96. The molecular weight excluding hydrogens is 368 g/mol. The molecule has 1 atom stereocenters. The number of halogens is 4. The highest BCUT2D eigenvalue weighted by atomic mass is 127. The third-order valence-electron chi connectivity index (χ3n) is 3.27. The van der Waals surface area contributed by atoms with E-state index in [1.54, 1.807) is 12.1 Å². The highest BCUT2D eigenvalue weighted by Gasteiger charge is 2.35. The number of alkyl halides is 3. The number of nitrogens with one attached hydrogen (secondary N) is 1. The summed E-state index contributed by atoms with van der Waals surface area (Å²) < 4.78 is 39.4. The molecule has 2 nitrogen and oxygen atoms in total. The van der Waals surface area contributed by atoms with Crippen LogP contribution in [0.1, 0.15) is 18.0 Å². The van der Waals surface area contributed by atoms with Crippen molar-refractivity contribution in [2.45, 2.75) is 18.6 Å². The van der Waals surface area contributed by atoms with Gasteiger partial charge in [0.25, 0.3) is 0 Å². The highest BCUT2D eigenvalue weighted by Crippen LogP contribution is 2.34. The molecule has 0 aromatic heterocycles. The van der Waals surface area contributed by atoms with Gasteiger partial charge in [0.1, 0.15) is 0 Å². The Labute approximate surface area is 124 Å². The first-order valence-electron chi connectivity index (χ1n) is 6.23. The third-order valence-corrected chi connectivity index (χ3v) is 3.99. The Hall–Kier alpha value is -0.340. The van der Waals surface area contributed by atoms with E-state index in [-0.39, 0.29) is 0 Å². The van der Waals surface area contributed by atoms with Gasteiger partial charge >= 0.3 is 6.18 Å². The maximum atomic E-state index is 12.8. The average molecular weight is 384 g/mol. The second-order valence-corrected chi connectivity index (χ2v) is 5.92. The van der Waals surface area contributed by atoms with E-state index in [9.17, 15) is 13.2 Å². The Morgan fingerprint density at radius 2 is 1.74 bits per heavy atom. The van der Waals surface area contributed by atoms with E-state index in [1.807, 2.05) is 17.0 Å². The smallest absolute Gasteiger partial charge is 0.314 e. The maximum Gasteiger partial charge on any atom is 0.390 e. The minimum Gasteiger partial charge on any atom is -0.314 e. The number of rotatable bonds is 3. The first kappa shape index (κ1) is 15.1. The van der Waals surface area contributed by atoms with Crippen LogP contribution in [0.3, 0.4) is 0 Å². The van der Waals surface area contributed by atoms with Gasteiger partial charge in [0, 0.05) is 35.8 Å². The standard InChI is InChI=1S/C13H16F3IN2/c14-13(15,16)9-12(19-7-5-18-6-8-19)10-1-3-11(17)4-2-10/h1-4,12,18H,5-9H2/t12-/m1/s1. The monoisotopic (exact) mass is 384 g/mol. The molecule has 1 aliphatic heterocycles. The van der Waals surface area contributed by atoms with Crippen LogP contribution in [0.4, 0.5) is 13.2 Å². The predicted octanol–water partition coefficient (Wildman–Crippen LogP) is 3.19. The molecule has 1 aromatic carbocycles. The lowest BCUT2D eigenvalue weighted by Gasteiger charge is -2.35. The molecule has 0 saturated carbocycles. The normalized spacial score (nSPS) is 19.4. The molecule has 1 saturated heterocycles. The van der Waals surface area contributed by atoms with Crippen molar-refractivity contribution in [3.8, 4) is 0 Å². The average Bonchev–Trinajstić information content (AvgIpc) is 2.37. The van der Waals surface area contributed by atoms with Crippen molar-refractivity contribution in [3.63, 3.8) is 0 Å². The predicted molar refractivity (Wildman–Crippen MR) is 77.0 cm³/mol. The minimum absolute atomic E-state index is 0.570. The van der Waals surface area contributed by atoms with Crippen LogP contribution in [0, 0.1) is 3.57 Å². The quantitative estimate of drug-likeness (QED) is 0.806. The van der Waals surface area contributed by atoms with Crippen LogP contribution in [0.2, 0.25) is 0 Å². The van der Waals surface area contributed by atoms with E-state index in [0.29, 0.717) is 13.1 Å². The van der Waals surface area contributed by atoms with E-state index < -0.39 is 18.6 Å². The lowest BCUT2D eigenvalue weighted by molar-refractivity contribution is -0.148. The summed E-state index contributed by atoms with van der Waals surface area (Å²) in [6, 6.07) is 6.77. The molecule has 0 unspecified atom stereocenters. The summed E-state index contributed by atoms with van der Waals surface area (Å²) in [6.45, 7) is 2.82. The third kappa shape index (κ3) is 4.61. The summed E-state index contributed by atoms with van der Waals surface area (Å²) in [6.07, 6.45) is -4.92. The molecule has 0 bridgehead atoms. The molecule has 0 aliphatic carbocycles. The van der Waals surface area contributed by atoms with Crippen molar-refractivity contribution in [1.29, 1.82) is 0 Å². The maximum absolute atomic E-state index is 12.8. The Morgan fingerprint density at radius 1 is 1.16 bits per heavy atom. The molecule has 2 rings (SSSR count). The van der Waals surface area contributed by atoms with Gasteiger partial charge in [0.15, 0.2) is 0 Å². The van der Waals surface area contributed by atoms with Gasteiger partial charge in [0.2, 0.25) is 0 Å². The molecule has 0 spiro atoms. The van der Waals surface area contributed by atoms with Gasteiger partial charge in [0.05, 0.1) is 6.42 Å². The zero-order chi connectivity index (χ0) is 13.9. The Balaban J connectivity index is 2.19. The van der Waals surface area contributed by atoms with Gasteiger partial charge in [-0.1, -0.05) is 12.1 Å². The second-order valence-electron chi connectivity index (χ2n) is 4.67. The summed E-state index contributed by atoms with van der Waals surface area (Å²) >= 11 is 2.16. The zero-order valence-electron chi connectivity index (χ0n) is 10.4. The molecule has 19 heavy (non-hydrogen) atoms. The van der Waals surface area contributed by atoms with E-state index in [4.69, 9.17) is 0 Å². The molecule has 6 heteroatoms. The molecule has 1 N–H and O–H groups in total. The van der Waals surface area contributed by atoms with Crippen LogP contribution in [0.5, 0.6) is 0 Å². The fraction of sp³-hybridized carbons (Fsp3) is 0.538. The van der Waals surface area contributed by atoms with Crippen LogP contribution in [-0.2, 0) is 0 Å². The molecule has 1 heterocycles. The van der Waals surface area contributed by atoms with E-state index in [2.05, 4.69) is 27.9 Å². The van der Waals surface area contributed by atoms with Crippen molar-refractivity contribution in [3.05, 3.63) is 33.4 Å². The lowest BCUT2D eigenvalue weighted by atomic mass is 10.0. The lowest BCUT2D eigenvalue weighted by Crippen LogP contribution is -2.46. The van der Waals surface area contributed by atoms with Crippen LogP contribution >= 0.6 is 22.6 Å². The van der Waals surface area contributed by atoms with Crippen molar-refractivity contribution >= 4 is 22.6 Å². The molecule has 0 amide bonds. The van der Waals surface area contributed by atoms with Crippen LogP contribution < -0.4 is 5.32 Å². The number of hydrogen-bond donors (Lipinski definition) is 1. The molecule has 0 radical (unpaired) electrons. The summed E-state index contributed by atoms with van der Waals surface area (Å²) in [5.74, 6) is 0. The van der Waals surface area contributed by atoms with Crippen molar-refractivity contribution < 1.29 is 13.2 Å². The zero-order valence-corrected chi connectivity index (χ0v) is 12.5. The first-order valence-corrected chi connectivity index (χ1v) is 7.30. The summed E-state index contributed by atoms with van der Waals surface area (Å²) in [4.78, 5) is 1.92. The van der Waals surface area contributed by atoms with E-state index in [0.717, 1.165) is 22.2 Å². The Morgan fingerprint density at radius 3 is 2.26 bits per heavy atom. The topological polar surface area (TPSA) is 15.3 Å². The van der Waals surface area contributed by atoms with Gasteiger partial charge in [-0.25, -0.2) is 0 Å². The largest absolute Gasteiger partial charge is 0.390 e. The molecule has 106 valence electrons. The summed E-state index contributed by atoms with van der Waals surface area (Å²) in [5, 5.41) is 3.17. The van der Waals surface area contributed by atoms with Crippen LogP contribution in [0.15, 0.2) is 24.3 Å². The molecule has 1 fully saturated rings. The number of benzene rings is 1. The van der Waals surface area contributed by atoms with Gasteiger partial charge < -0.3 is 5.32 Å². The SMILES string of the molecule is FC(F)(F)C[C@H](c1ccc(I)cc1)N1CCNCC1. The van der Waals surface area contributed by atoms with Gasteiger partial charge in [-0.2, -0.15) is 13.2 Å². The summed E-state index contributed by atoms with van der Waals surface area (Å²) in [7, 11) is 0. The number of hydrogen-bond acceptors (Lipinski definition) is 2. The molecule has 1 aromatic rings. The molecular formula is C13H16F3IN2. The van der Waals surface area contributed by atoms with Crippen molar-refractivity contribution in [2.24, 2.45) is 0 Å². The number of piperazine rings is 1. The fourth-order valence-corrected chi connectivity index (χ4v) is 2.72. The second kappa shape index (κ2) is 6.41. The molecule has 1 aliphatic rings. The van der Waals surface area contributed by atoms with Gasteiger partial charge in [-0.3, -0.25) is 4.90 Å². The van der Waals surface area contributed by atoms with Crippen LogP contribution in [-0.4, -0.2) is 37.3 Å². The van der Waals surface area contributed by atoms with Crippen molar-refractivity contribution in [2.75, 3.05) is 26.2 Å². The minimum atomic E-state index is -4.14. The summed E-state index contributed by atoms with van der Waals surface area (Å²) in [5.41, 5.74) is 0.750. The van der Waals surface area contributed by atoms with Gasteiger partial charge in [-0.15, -0.1) is 0 Å². The number of nitrogens with zero attached hydrogens (tertiary/aromatic N) is 1. The Bertz CT molecular complexity index is 399. The van der Waals surface area contributed by atoms with Crippen LogP contribution in [0.25, 0.3) is 0 Å². The van der Waals surface area contributed by atoms with Gasteiger partial charge in [-0.05, 0) is 40.3 Å². The highest BCUT2D eigenvalue weighted by molar-refractivity contribution is 14.1. The van der Waals surface area contributed by atoms with E-state index >= 15 is 0 Å². The van der Waals surface area contributed by atoms with Crippen molar-refractivity contribution in [1.82, 2.24) is 10.2 Å².